The smallest absolute Gasteiger partial charge is 0.222 e. The predicted octanol–water partition coefficient (Wildman–Crippen LogP) is 3.81. The Morgan fingerprint density at radius 1 is 1.03 bits per heavy atom. The fraction of sp³-hybridized carbons (Fsp3) is 0.476. The highest BCUT2D eigenvalue weighted by atomic mass is 79.9. The molecule has 0 radical (unpaired) electrons. The molecular weight excluding hydrogens is 456 g/mol. The maximum Gasteiger partial charge on any atom is 0.222 e. The van der Waals surface area contributed by atoms with Gasteiger partial charge in [0.05, 0.1) is 25.1 Å². The zero-order chi connectivity index (χ0) is 20.8. The van der Waals surface area contributed by atoms with Crippen LogP contribution in [-0.4, -0.2) is 63.2 Å². The van der Waals surface area contributed by atoms with Crippen molar-refractivity contribution in [2.45, 2.75) is 19.4 Å². The topological polar surface area (TPSA) is 51.2 Å². The fourth-order valence-electron chi connectivity index (χ4n) is 3.50. The third-order valence-corrected chi connectivity index (χ3v) is 6.69. The molecule has 0 atom stereocenters. The molecule has 0 saturated carbocycles. The van der Waals surface area contributed by atoms with Gasteiger partial charge in [-0.1, -0.05) is 0 Å². The second-order valence-electron chi connectivity index (χ2n) is 6.90. The summed E-state index contributed by atoms with van der Waals surface area (Å²) in [6.45, 7) is 4.32. The van der Waals surface area contributed by atoms with Crippen molar-refractivity contribution in [2.75, 3.05) is 47.5 Å². The molecule has 1 aromatic heterocycles. The first-order valence-electron chi connectivity index (χ1n) is 9.57. The first-order valence-corrected chi connectivity index (χ1v) is 11.2. The van der Waals surface area contributed by atoms with Crippen molar-refractivity contribution in [1.29, 1.82) is 0 Å². The zero-order valence-electron chi connectivity index (χ0n) is 17.1. The highest BCUT2D eigenvalue weighted by Gasteiger charge is 2.22. The highest BCUT2D eigenvalue weighted by Crippen LogP contribution is 2.38. The van der Waals surface area contributed by atoms with E-state index in [1.807, 2.05) is 17.0 Å². The maximum atomic E-state index is 12.7. The Morgan fingerprint density at radius 2 is 1.69 bits per heavy atom. The predicted molar refractivity (Wildman–Crippen MR) is 118 cm³/mol. The first kappa shape index (κ1) is 21.9. The van der Waals surface area contributed by atoms with Gasteiger partial charge >= 0.3 is 0 Å². The van der Waals surface area contributed by atoms with Crippen molar-refractivity contribution in [3.63, 3.8) is 0 Å². The van der Waals surface area contributed by atoms with E-state index < -0.39 is 0 Å². The Hall–Kier alpha value is -1.77. The normalized spacial score (nSPS) is 14.7. The van der Waals surface area contributed by atoms with E-state index >= 15 is 0 Å². The number of rotatable bonds is 8. The Labute approximate surface area is 184 Å². The Kier molecular flexibility index (Phi) is 7.80. The second kappa shape index (κ2) is 10.3. The van der Waals surface area contributed by atoms with Gasteiger partial charge in [0.2, 0.25) is 11.7 Å². The van der Waals surface area contributed by atoms with Crippen LogP contribution in [0.3, 0.4) is 0 Å². The van der Waals surface area contributed by atoms with E-state index in [1.165, 1.54) is 4.88 Å². The molecule has 0 aliphatic carbocycles. The van der Waals surface area contributed by atoms with Crippen molar-refractivity contribution in [3.05, 3.63) is 38.5 Å². The molecule has 1 saturated heterocycles. The van der Waals surface area contributed by atoms with Crippen LogP contribution >= 0.6 is 27.3 Å². The van der Waals surface area contributed by atoms with Crippen LogP contribution in [0.2, 0.25) is 0 Å². The number of ether oxygens (including phenoxy) is 3. The summed E-state index contributed by atoms with van der Waals surface area (Å²) in [7, 11) is 4.78. The number of carbonyl (C=O) groups is 1. The van der Waals surface area contributed by atoms with E-state index in [-0.39, 0.29) is 5.91 Å². The summed E-state index contributed by atoms with van der Waals surface area (Å²) in [5.74, 6) is 1.99. The van der Waals surface area contributed by atoms with Gasteiger partial charge in [-0.25, -0.2) is 0 Å². The molecule has 1 aromatic carbocycles. The molecule has 29 heavy (non-hydrogen) atoms. The third-order valence-electron chi connectivity index (χ3n) is 5.09. The van der Waals surface area contributed by atoms with Crippen molar-refractivity contribution < 1.29 is 19.0 Å². The number of thiophene rings is 1. The third kappa shape index (κ3) is 5.65. The highest BCUT2D eigenvalue weighted by molar-refractivity contribution is 9.11. The van der Waals surface area contributed by atoms with E-state index in [1.54, 1.807) is 32.7 Å². The number of halogens is 1. The average Bonchev–Trinajstić information content (AvgIpc) is 3.16. The molecule has 0 spiro atoms. The van der Waals surface area contributed by atoms with Gasteiger partial charge in [0.1, 0.15) is 0 Å². The van der Waals surface area contributed by atoms with Gasteiger partial charge in [-0.15, -0.1) is 11.3 Å². The number of amides is 1. The molecule has 1 fully saturated rings. The number of benzene rings is 1. The van der Waals surface area contributed by atoms with Gasteiger partial charge in [-0.05, 0) is 52.2 Å². The standard InChI is InChI=1S/C21H27BrN2O4S/c1-26-17-12-15(13-18(27-2)21(17)28-3)4-7-20(25)24-10-8-23(9-11-24)14-16-5-6-19(22)29-16/h5-6,12-13H,4,7-11,14H2,1-3H3. The van der Waals surface area contributed by atoms with Crippen LogP contribution in [0.15, 0.2) is 28.1 Å². The van der Waals surface area contributed by atoms with E-state index in [0.29, 0.717) is 30.1 Å². The number of piperazine rings is 1. The monoisotopic (exact) mass is 482 g/mol. The summed E-state index contributed by atoms with van der Waals surface area (Å²) in [6, 6.07) is 8.06. The maximum absolute atomic E-state index is 12.7. The number of carbonyl (C=O) groups excluding carboxylic acids is 1. The molecule has 8 heteroatoms. The lowest BCUT2D eigenvalue weighted by molar-refractivity contribution is -0.132. The molecule has 158 valence electrons. The fourth-order valence-corrected chi connectivity index (χ4v) is 5.03. The van der Waals surface area contributed by atoms with Crippen LogP contribution in [0.4, 0.5) is 0 Å². The largest absolute Gasteiger partial charge is 0.493 e. The minimum Gasteiger partial charge on any atom is -0.493 e. The lowest BCUT2D eigenvalue weighted by Crippen LogP contribution is -2.48. The lowest BCUT2D eigenvalue weighted by Gasteiger charge is -2.34. The molecule has 0 bridgehead atoms. The van der Waals surface area contributed by atoms with Gasteiger partial charge in [-0.3, -0.25) is 9.69 Å². The SMILES string of the molecule is COc1cc(CCC(=O)N2CCN(Cc3ccc(Br)s3)CC2)cc(OC)c1OC. The quantitative estimate of drug-likeness (QED) is 0.572. The summed E-state index contributed by atoms with van der Waals surface area (Å²) in [4.78, 5) is 18.4. The van der Waals surface area contributed by atoms with Gasteiger partial charge < -0.3 is 19.1 Å². The summed E-state index contributed by atoms with van der Waals surface area (Å²) in [5, 5.41) is 0. The van der Waals surface area contributed by atoms with Crippen molar-refractivity contribution in [1.82, 2.24) is 9.80 Å². The number of hydrogen-bond donors (Lipinski definition) is 0. The van der Waals surface area contributed by atoms with Crippen LogP contribution < -0.4 is 14.2 Å². The van der Waals surface area contributed by atoms with Gasteiger partial charge in [0, 0.05) is 44.0 Å². The van der Waals surface area contributed by atoms with Crippen molar-refractivity contribution in [2.24, 2.45) is 0 Å². The van der Waals surface area contributed by atoms with Crippen LogP contribution in [0.5, 0.6) is 17.2 Å². The second-order valence-corrected chi connectivity index (χ2v) is 9.44. The zero-order valence-corrected chi connectivity index (χ0v) is 19.5. The Balaban J connectivity index is 1.51. The molecule has 1 aliphatic rings. The van der Waals surface area contributed by atoms with Crippen molar-refractivity contribution in [3.8, 4) is 17.2 Å². The first-order chi connectivity index (χ1) is 14.0. The van der Waals surface area contributed by atoms with E-state index in [2.05, 4.69) is 33.0 Å². The van der Waals surface area contributed by atoms with Gasteiger partial charge in [0.15, 0.2) is 11.5 Å². The Bertz CT molecular complexity index is 809. The number of hydrogen-bond acceptors (Lipinski definition) is 6. The molecular formula is C21H27BrN2O4S. The van der Waals surface area contributed by atoms with Crippen LogP contribution in [-0.2, 0) is 17.8 Å². The Morgan fingerprint density at radius 3 is 2.21 bits per heavy atom. The molecule has 0 unspecified atom stereocenters. The summed E-state index contributed by atoms with van der Waals surface area (Å²) < 4.78 is 17.3. The van der Waals surface area contributed by atoms with Gasteiger partial charge in [-0.2, -0.15) is 0 Å². The molecule has 6 nitrogen and oxygen atoms in total. The van der Waals surface area contributed by atoms with Crippen molar-refractivity contribution >= 4 is 33.2 Å². The minimum atomic E-state index is 0.192. The van der Waals surface area contributed by atoms with E-state index in [0.717, 1.165) is 42.1 Å². The average molecular weight is 483 g/mol. The molecule has 2 heterocycles. The summed E-state index contributed by atoms with van der Waals surface area (Å²) >= 11 is 5.28. The van der Waals surface area contributed by atoms with E-state index in [9.17, 15) is 4.79 Å². The van der Waals surface area contributed by atoms with Crippen LogP contribution in [0.25, 0.3) is 0 Å². The summed E-state index contributed by atoms with van der Waals surface area (Å²) in [6.07, 6.45) is 1.11. The summed E-state index contributed by atoms with van der Waals surface area (Å²) in [5.41, 5.74) is 0.995. The molecule has 2 aromatic rings. The van der Waals surface area contributed by atoms with Crippen LogP contribution in [0.1, 0.15) is 16.9 Å². The molecule has 3 rings (SSSR count). The minimum absolute atomic E-state index is 0.192. The number of nitrogens with zero attached hydrogens (tertiary/aromatic N) is 2. The molecule has 0 N–H and O–H groups in total. The number of aryl methyl sites for hydroxylation is 1. The molecule has 1 aliphatic heterocycles. The molecule has 1 amide bonds. The van der Waals surface area contributed by atoms with Gasteiger partial charge in [0.25, 0.3) is 0 Å². The number of methoxy groups -OCH3 is 3. The van der Waals surface area contributed by atoms with Crippen LogP contribution in [0, 0.1) is 0 Å². The van der Waals surface area contributed by atoms with E-state index in [4.69, 9.17) is 14.2 Å². The lowest BCUT2D eigenvalue weighted by atomic mass is 10.1.